The smallest absolute Gasteiger partial charge is 0.338 e. The van der Waals surface area contributed by atoms with Gasteiger partial charge in [0, 0.05) is 23.4 Å². The van der Waals surface area contributed by atoms with Crippen molar-refractivity contribution < 1.29 is 27.8 Å². The van der Waals surface area contributed by atoms with Gasteiger partial charge in [0.25, 0.3) is 0 Å². The predicted octanol–water partition coefficient (Wildman–Crippen LogP) is 4.18. The summed E-state index contributed by atoms with van der Waals surface area (Å²) in [7, 11) is 0. The molecule has 0 saturated carbocycles. The van der Waals surface area contributed by atoms with E-state index in [0.717, 1.165) is 12.1 Å². The van der Waals surface area contributed by atoms with Gasteiger partial charge in [-0.3, -0.25) is 4.90 Å². The van der Waals surface area contributed by atoms with Crippen LogP contribution in [0.4, 0.5) is 14.5 Å². The highest BCUT2D eigenvalue weighted by Gasteiger charge is 2.37. The monoisotopic (exact) mass is 458 g/mol. The number of nitrogens with one attached hydrogen (secondary N) is 1. The lowest BCUT2D eigenvalue weighted by Crippen LogP contribution is -2.48. The number of fused-ring (bicyclic) bond motifs is 1. The summed E-state index contributed by atoms with van der Waals surface area (Å²) in [6.45, 7) is 6.08. The minimum Gasteiger partial charge on any atom is -0.486 e. The highest BCUT2D eigenvalue weighted by molar-refractivity contribution is 7.80. The summed E-state index contributed by atoms with van der Waals surface area (Å²) in [6, 6.07) is 7.47. The van der Waals surface area contributed by atoms with Crippen LogP contribution in [0.15, 0.2) is 60.3 Å². The van der Waals surface area contributed by atoms with Gasteiger partial charge in [-0.15, -0.1) is 0 Å². The largest absolute Gasteiger partial charge is 0.486 e. The molecular weight excluding hydrogens is 438 g/mol. The molecule has 4 rings (SSSR count). The van der Waals surface area contributed by atoms with Crippen molar-refractivity contribution in [2.75, 3.05) is 24.7 Å². The van der Waals surface area contributed by atoms with Crippen molar-refractivity contribution in [3.8, 4) is 11.5 Å². The van der Waals surface area contributed by atoms with Gasteiger partial charge in [-0.25, -0.2) is 13.6 Å². The van der Waals surface area contributed by atoms with E-state index in [9.17, 15) is 13.6 Å². The molecule has 6 nitrogen and oxygen atoms in total. The highest BCUT2D eigenvalue weighted by atomic mass is 32.1. The van der Waals surface area contributed by atoms with Crippen LogP contribution in [-0.2, 0) is 9.53 Å². The molecule has 2 aliphatic rings. The van der Waals surface area contributed by atoms with Crippen LogP contribution < -0.4 is 19.7 Å². The van der Waals surface area contributed by atoms with Gasteiger partial charge in [-0.05, 0) is 37.3 Å². The third-order valence-electron chi connectivity index (χ3n) is 5.09. The first-order chi connectivity index (χ1) is 15.4. The standard InChI is InChI=1S/C23H20F2N2O4S/c1-3-8-31-22(28)20-13(2)27(15-5-7-18-19(12-15)30-10-9-29-18)23(32)26-21(20)16-6-4-14(24)11-17(16)25/h3-7,11-12,21H,1,8-10H2,2H3,(H,26,32)/t21-/m1/s1. The van der Waals surface area contributed by atoms with Crippen LogP contribution in [0.5, 0.6) is 11.5 Å². The molecule has 1 N–H and O–H groups in total. The number of hydrogen-bond donors (Lipinski definition) is 1. The van der Waals surface area contributed by atoms with E-state index in [-0.39, 0.29) is 22.9 Å². The minimum absolute atomic E-state index is 0.0251. The topological polar surface area (TPSA) is 60.0 Å². The van der Waals surface area contributed by atoms with E-state index in [2.05, 4.69) is 11.9 Å². The molecule has 32 heavy (non-hydrogen) atoms. The van der Waals surface area contributed by atoms with Gasteiger partial charge >= 0.3 is 5.97 Å². The highest BCUT2D eigenvalue weighted by Crippen LogP contribution is 2.39. The van der Waals surface area contributed by atoms with Crippen molar-refractivity contribution in [1.82, 2.24) is 5.32 Å². The van der Waals surface area contributed by atoms with Crippen LogP contribution in [-0.4, -0.2) is 30.9 Å². The van der Waals surface area contributed by atoms with E-state index in [0.29, 0.717) is 36.1 Å². The van der Waals surface area contributed by atoms with Crippen LogP contribution in [0.1, 0.15) is 18.5 Å². The van der Waals surface area contributed by atoms with E-state index in [1.807, 2.05) is 0 Å². The number of allylic oxidation sites excluding steroid dienone is 1. The normalized spacial score (nSPS) is 17.7. The van der Waals surface area contributed by atoms with Gasteiger partial charge in [0.05, 0.1) is 17.3 Å². The Labute approximate surface area is 189 Å². The van der Waals surface area contributed by atoms with E-state index in [1.165, 1.54) is 12.1 Å². The number of carbonyl (C=O) groups is 1. The second kappa shape index (κ2) is 8.96. The van der Waals surface area contributed by atoms with Crippen LogP contribution in [0.3, 0.4) is 0 Å². The predicted molar refractivity (Wildman–Crippen MR) is 119 cm³/mol. The van der Waals surface area contributed by atoms with E-state index >= 15 is 0 Å². The van der Waals surface area contributed by atoms with E-state index < -0.39 is 23.6 Å². The number of carbonyl (C=O) groups excluding carboxylic acids is 1. The molecule has 0 spiro atoms. The molecule has 0 saturated heterocycles. The summed E-state index contributed by atoms with van der Waals surface area (Å²) in [5.41, 5.74) is 1.27. The maximum absolute atomic E-state index is 14.6. The van der Waals surface area contributed by atoms with Crippen LogP contribution >= 0.6 is 12.2 Å². The first-order valence-corrected chi connectivity index (χ1v) is 10.3. The lowest BCUT2D eigenvalue weighted by molar-refractivity contribution is -0.138. The Morgan fingerprint density at radius 3 is 2.72 bits per heavy atom. The SMILES string of the molecule is C=CCOC(=O)C1=C(C)N(c2ccc3c(c2)OCCO3)C(=S)N[C@@H]1c1ccc(F)cc1F. The lowest BCUT2D eigenvalue weighted by Gasteiger charge is -2.37. The summed E-state index contributed by atoms with van der Waals surface area (Å²) >= 11 is 5.56. The average molecular weight is 458 g/mol. The molecule has 0 fully saturated rings. The fourth-order valence-electron chi connectivity index (χ4n) is 3.67. The molecule has 0 aliphatic carbocycles. The Kier molecular flexibility index (Phi) is 6.09. The van der Waals surface area contributed by atoms with E-state index in [4.69, 9.17) is 26.4 Å². The second-order valence-corrected chi connectivity index (χ2v) is 7.48. The lowest BCUT2D eigenvalue weighted by atomic mass is 9.94. The summed E-state index contributed by atoms with van der Waals surface area (Å²) in [4.78, 5) is 14.6. The van der Waals surface area contributed by atoms with Crippen LogP contribution in [0.25, 0.3) is 0 Å². The average Bonchev–Trinajstić information content (AvgIpc) is 2.77. The number of anilines is 1. The molecule has 9 heteroatoms. The molecule has 2 heterocycles. The number of hydrogen-bond acceptors (Lipinski definition) is 5. The summed E-state index contributed by atoms with van der Waals surface area (Å²) in [6.07, 6.45) is 1.43. The first kappa shape index (κ1) is 21.8. The third-order valence-corrected chi connectivity index (χ3v) is 5.39. The zero-order chi connectivity index (χ0) is 22.8. The number of halogens is 2. The summed E-state index contributed by atoms with van der Waals surface area (Å²) in [5.74, 6) is -1.05. The first-order valence-electron chi connectivity index (χ1n) is 9.84. The van der Waals surface area contributed by atoms with Crippen molar-refractivity contribution in [1.29, 1.82) is 0 Å². The molecule has 166 valence electrons. The van der Waals surface area contributed by atoms with Crippen LogP contribution in [0, 0.1) is 11.6 Å². The number of thiocarbonyl (C=S) groups is 1. The summed E-state index contributed by atoms with van der Waals surface area (Å²) < 4.78 is 44.6. The van der Waals surface area contributed by atoms with Gasteiger partial charge in [0.2, 0.25) is 0 Å². The molecule has 0 radical (unpaired) electrons. The van der Waals surface area contributed by atoms with Crippen molar-refractivity contribution in [3.63, 3.8) is 0 Å². The van der Waals surface area contributed by atoms with Crippen molar-refractivity contribution in [3.05, 3.63) is 77.5 Å². The van der Waals surface area contributed by atoms with Gasteiger partial charge in [-0.2, -0.15) is 0 Å². The molecule has 0 amide bonds. The van der Waals surface area contributed by atoms with Gasteiger partial charge < -0.3 is 19.5 Å². The molecule has 0 aromatic heterocycles. The maximum atomic E-state index is 14.6. The van der Waals surface area contributed by atoms with Crippen molar-refractivity contribution in [2.24, 2.45) is 0 Å². The second-order valence-electron chi connectivity index (χ2n) is 7.10. The molecule has 0 unspecified atom stereocenters. The number of nitrogens with zero attached hydrogens (tertiary/aromatic N) is 1. The van der Waals surface area contributed by atoms with Crippen LogP contribution in [0.2, 0.25) is 0 Å². The molecular formula is C23H20F2N2O4S. The Hall–Kier alpha value is -3.46. The molecule has 2 aliphatic heterocycles. The number of rotatable bonds is 5. The zero-order valence-corrected chi connectivity index (χ0v) is 18.0. The Bertz CT molecular complexity index is 1130. The Balaban J connectivity index is 1.81. The molecule has 2 aromatic carbocycles. The number of esters is 1. The molecule has 1 atom stereocenters. The minimum atomic E-state index is -0.964. The fourth-order valence-corrected chi connectivity index (χ4v) is 4.03. The molecule has 2 aromatic rings. The third kappa shape index (κ3) is 4.03. The molecule has 0 bridgehead atoms. The zero-order valence-electron chi connectivity index (χ0n) is 17.2. The van der Waals surface area contributed by atoms with Gasteiger partial charge in [0.1, 0.15) is 31.5 Å². The van der Waals surface area contributed by atoms with Gasteiger partial charge in [-0.1, -0.05) is 18.7 Å². The van der Waals surface area contributed by atoms with Crippen molar-refractivity contribution >= 4 is 29.0 Å². The number of ether oxygens (including phenoxy) is 3. The summed E-state index contributed by atoms with van der Waals surface area (Å²) in [5, 5.41) is 3.23. The Morgan fingerprint density at radius 2 is 2.00 bits per heavy atom. The fraction of sp³-hybridized carbons (Fsp3) is 0.217. The van der Waals surface area contributed by atoms with Gasteiger partial charge in [0.15, 0.2) is 16.6 Å². The maximum Gasteiger partial charge on any atom is 0.338 e. The number of benzene rings is 2. The Morgan fingerprint density at radius 1 is 1.25 bits per heavy atom. The quantitative estimate of drug-likeness (QED) is 0.410. The van der Waals surface area contributed by atoms with Crippen molar-refractivity contribution in [2.45, 2.75) is 13.0 Å². The van der Waals surface area contributed by atoms with E-state index in [1.54, 1.807) is 30.0 Å².